The highest BCUT2D eigenvalue weighted by Crippen LogP contribution is 2.25. The maximum atomic E-state index is 3.28. The van der Waals surface area contributed by atoms with Gasteiger partial charge in [0.05, 0.1) is 0 Å². The van der Waals surface area contributed by atoms with Crippen LogP contribution in [-0.4, -0.2) is 6.54 Å². The molecular weight excluding hydrogens is 146 g/mol. The molecule has 1 nitrogen and oxygen atoms in total. The minimum atomic E-state index is 0.744. The number of allylic oxidation sites excluding steroid dienone is 2. The zero-order chi connectivity index (χ0) is 8.97. The van der Waals surface area contributed by atoms with Crippen molar-refractivity contribution < 1.29 is 0 Å². The van der Waals surface area contributed by atoms with E-state index in [1.165, 1.54) is 24.0 Å². The first-order chi connectivity index (χ1) is 5.79. The highest BCUT2D eigenvalue weighted by molar-refractivity contribution is 5.33. The van der Waals surface area contributed by atoms with Crippen LogP contribution in [0.1, 0.15) is 33.6 Å². The fourth-order valence-electron chi connectivity index (χ4n) is 1.78. The van der Waals surface area contributed by atoms with E-state index in [1.54, 1.807) is 0 Å². The normalized spacial score (nSPS) is 17.0. The molecule has 0 amide bonds. The molecule has 12 heavy (non-hydrogen) atoms. The van der Waals surface area contributed by atoms with E-state index < -0.39 is 0 Å². The summed E-state index contributed by atoms with van der Waals surface area (Å²) in [5.74, 6) is 0.744. The van der Waals surface area contributed by atoms with Crippen LogP contribution in [-0.2, 0) is 0 Å². The van der Waals surface area contributed by atoms with E-state index in [4.69, 9.17) is 0 Å². The standard InChI is InChI=1S/C11H19N/c1-4-10(5-2)11-8-12-7-6-9(11)3/h6,8,10,12H,4-5,7H2,1-3H3. The summed E-state index contributed by atoms with van der Waals surface area (Å²) in [4.78, 5) is 0. The number of rotatable bonds is 3. The molecule has 0 aromatic rings. The molecule has 1 aliphatic rings. The van der Waals surface area contributed by atoms with E-state index >= 15 is 0 Å². The fourth-order valence-corrected chi connectivity index (χ4v) is 1.78. The molecule has 0 spiro atoms. The Bertz CT molecular complexity index is 197. The van der Waals surface area contributed by atoms with E-state index in [9.17, 15) is 0 Å². The summed E-state index contributed by atoms with van der Waals surface area (Å²) in [5.41, 5.74) is 2.97. The Balaban J connectivity index is 2.71. The maximum Gasteiger partial charge on any atom is 0.0331 e. The van der Waals surface area contributed by atoms with Crippen LogP contribution in [0.5, 0.6) is 0 Å². The quantitative estimate of drug-likeness (QED) is 0.678. The van der Waals surface area contributed by atoms with Gasteiger partial charge >= 0.3 is 0 Å². The Kier molecular flexibility index (Phi) is 3.39. The van der Waals surface area contributed by atoms with Gasteiger partial charge in [-0.15, -0.1) is 0 Å². The summed E-state index contributed by atoms with van der Waals surface area (Å²) in [6.07, 6.45) is 6.95. The predicted molar refractivity (Wildman–Crippen MR) is 53.9 cm³/mol. The highest BCUT2D eigenvalue weighted by atomic mass is 14.8. The number of nitrogens with one attached hydrogen (secondary N) is 1. The molecular formula is C11H19N. The molecule has 0 aliphatic carbocycles. The van der Waals surface area contributed by atoms with Crippen molar-refractivity contribution in [2.45, 2.75) is 33.6 Å². The van der Waals surface area contributed by atoms with Gasteiger partial charge in [0.15, 0.2) is 0 Å². The largest absolute Gasteiger partial charge is 0.387 e. The molecule has 1 N–H and O–H groups in total. The van der Waals surface area contributed by atoms with Crippen LogP contribution in [0.15, 0.2) is 23.4 Å². The highest BCUT2D eigenvalue weighted by Gasteiger charge is 2.13. The average molecular weight is 165 g/mol. The molecule has 0 saturated carbocycles. The third-order valence-electron chi connectivity index (χ3n) is 2.66. The van der Waals surface area contributed by atoms with Gasteiger partial charge in [0.1, 0.15) is 0 Å². The minimum Gasteiger partial charge on any atom is -0.387 e. The third kappa shape index (κ3) is 1.90. The van der Waals surface area contributed by atoms with Gasteiger partial charge in [-0.1, -0.05) is 19.9 Å². The van der Waals surface area contributed by atoms with Gasteiger partial charge in [0.25, 0.3) is 0 Å². The summed E-state index contributed by atoms with van der Waals surface area (Å²) < 4.78 is 0. The van der Waals surface area contributed by atoms with E-state index in [0.717, 1.165) is 12.5 Å². The molecule has 1 rings (SSSR count). The lowest BCUT2D eigenvalue weighted by molar-refractivity contribution is 0.569. The lowest BCUT2D eigenvalue weighted by Crippen LogP contribution is -2.16. The topological polar surface area (TPSA) is 12.0 Å². The molecule has 0 unspecified atom stereocenters. The van der Waals surface area contributed by atoms with Gasteiger partial charge in [0.2, 0.25) is 0 Å². The van der Waals surface area contributed by atoms with E-state index in [1.807, 2.05) is 0 Å². The van der Waals surface area contributed by atoms with Gasteiger partial charge in [-0.3, -0.25) is 0 Å². The molecule has 0 aromatic heterocycles. The van der Waals surface area contributed by atoms with Crippen molar-refractivity contribution in [2.75, 3.05) is 6.54 Å². The average Bonchev–Trinajstić information content (AvgIpc) is 2.10. The Morgan fingerprint density at radius 1 is 1.42 bits per heavy atom. The Labute approximate surface area is 75.6 Å². The molecule has 1 heteroatoms. The molecule has 0 bridgehead atoms. The molecule has 0 aromatic carbocycles. The predicted octanol–water partition coefficient (Wildman–Crippen LogP) is 2.86. The summed E-state index contributed by atoms with van der Waals surface area (Å²) in [6.45, 7) is 7.73. The molecule has 0 saturated heterocycles. The summed E-state index contributed by atoms with van der Waals surface area (Å²) in [6, 6.07) is 0. The first kappa shape index (κ1) is 9.37. The molecule has 0 atom stereocenters. The van der Waals surface area contributed by atoms with Crippen LogP contribution >= 0.6 is 0 Å². The summed E-state index contributed by atoms with van der Waals surface area (Å²) in [7, 11) is 0. The van der Waals surface area contributed by atoms with Crippen LogP contribution in [0.4, 0.5) is 0 Å². The second-order valence-corrected chi connectivity index (χ2v) is 3.41. The van der Waals surface area contributed by atoms with Crippen LogP contribution < -0.4 is 5.32 Å². The minimum absolute atomic E-state index is 0.744. The Hall–Kier alpha value is -0.720. The van der Waals surface area contributed by atoms with Gasteiger partial charge in [-0.2, -0.15) is 0 Å². The Morgan fingerprint density at radius 2 is 2.08 bits per heavy atom. The van der Waals surface area contributed by atoms with Crippen molar-refractivity contribution in [2.24, 2.45) is 5.92 Å². The zero-order valence-electron chi connectivity index (χ0n) is 8.35. The SMILES string of the molecule is CCC(CC)C1=CNCC=C1C. The van der Waals surface area contributed by atoms with Crippen LogP contribution in [0, 0.1) is 5.92 Å². The van der Waals surface area contributed by atoms with Gasteiger partial charge in [0, 0.05) is 12.7 Å². The van der Waals surface area contributed by atoms with Gasteiger partial charge in [-0.05, 0) is 36.8 Å². The molecule has 1 heterocycles. The van der Waals surface area contributed by atoms with E-state index in [-0.39, 0.29) is 0 Å². The second kappa shape index (κ2) is 4.34. The van der Waals surface area contributed by atoms with Gasteiger partial charge < -0.3 is 5.32 Å². The fraction of sp³-hybridized carbons (Fsp3) is 0.636. The van der Waals surface area contributed by atoms with Gasteiger partial charge in [-0.25, -0.2) is 0 Å². The van der Waals surface area contributed by atoms with E-state index in [2.05, 4.69) is 38.4 Å². The second-order valence-electron chi connectivity index (χ2n) is 3.41. The summed E-state index contributed by atoms with van der Waals surface area (Å²) in [5, 5.41) is 3.28. The monoisotopic (exact) mass is 165 g/mol. The zero-order valence-corrected chi connectivity index (χ0v) is 8.35. The molecule has 0 fully saturated rings. The Morgan fingerprint density at radius 3 is 2.58 bits per heavy atom. The first-order valence-corrected chi connectivity index (χ1v) is 4.90. The number of hydrogen-bond donors (Lipinski definition) is 1. The van der Waals surface area contributed by atoms with Crippen molar-refractivity contribution in [3.8, 4) is 0 Å². The molecule has 0 radical (unpaired) electrons. The van der Waals surface area contributed by atoms with Crippen molar-refractivity contribution in [3.05, 3.63) is 23.4 Å². The number of dihydropyridines is 1. The molecule has 68 valence electrons. The third-order valence-corrected chi connectivity index (χ3v) is 2.66. The summed E-state index contributed by atoms with van der Waals surface area (Å²) >= 11 is 0. The smallest absolute Gasteiger partial charge is 0.0331 e. The number of hydrogen-bond acceptors (Lipinski definition) is 1. The first-order valence-electron chi connectivity index (χ1n) is 4.90. The van der Waals surface area contributed by atoms with Crippen molar-refractivity contribution >= 4 is 0 Å². The maximum absolute atomic E-state index is 3.28. The molecule has 1 aliphatic heterocycles. The van der Waals surface area contributed by atoms with Crippen LogP contribution in [0.3, 0.4) is 0 Å². The lowest BCUT2D eigenvalue weighted by Gasteiger charge is -2.21. The van der Waals surface area contributed by atoms with Crippen molar-refractivity contribution in [3.63, 3.8) is 0 Å². The van der Waals surface area contributed by atoms with Crippen molar-refractivity contribution in [1.82, 2.24) is 5.32 Å². The van der Waals surface area contributed by atoms with Crippen LogP contribution in [0.25, 0.3) is 0 Å². The van der Waals surface area contributed by atoms with Crippen molar-refractivity contribution in [1.29, 1.82) is 0 Å². The lowest BCUT2D eigenvalue weighted by atomic mass is 9.88. The van der Waals surface area contributed by atoms with E-state index in [0.29, 0.717) is 0 Å². The van der Waals surface area contributed by atoms with Crippen LogP contribution in [0.2, 0.25) is 0 Å².